The third kappa shape index (κ3) is 4.63. The Balaban J connectivity index is 1.45. The molecular weight excluding hydrogens is 492 g/mol. The second kappa shape index (κ2) is 10.5. The molecule has 0 saturated heterocycles. The van der Waals surface area contributed by atoms with Gasteiger partial charge in [-0.15, -0.1) is 0 Å². The molecule has 7 heteroatoms. The van der Waals surface area contributed by atoms with Crippen LogP contribution in [0, 0.1) is 0 Å². The highest BCUT2D eigenvalue weighted by Crippen LogP contribution is 2.42. The second-order valence-electron chi connectivity index (χ2n) is 9.27. The van der Waals surface area contributed by atoms with Gasteiger partial charge in [0.15, 0.2) is 16.9 Å². The number of hydrogen-bond acceptors (Lipinski definition) is 6. The third-order valence-electron chi connectivity index (χ3n) is 6.80. The molecule has 194 valence electrons. The maximum absolute atomic E-state index is 13.8. The average molecular weight is 519 g/mol. The minimum absolute atomic E-state index is 0.0696. The van der Waals surface area contributed by atoms with Crippen LogP contribution in [0.1, 0.15) is 45.8 Å². The van der Waals surface area contributed by atoms with E-state index in [9.17, 15) is 9.59 Å². The molecule has 7 nitrogen and oxygen atoms in total. The molecule has 0 spiro atoms. The van der Waals surface area contributed by atoms with E-state index in [1.54, 1.807) is 41.6 Å². The van der Waals surface area contributed by atoms with E-state index >= 15 is 0 Å². The summed E-state index contributed by atoms with van der Waals surface area (Å²) in [6.07, 6.45) is 3.36. The van der Waals surface area contributed by atoms with Crippen LogP contribution in [0.15, 0.2) is 107 Å². The van der Waals surface area contributed by atoms with Crippen molar-refractivity contribution in [3.63, 3.8) is 0 Å². The Morgan fingerprint density at radius 3 is 2.41 bits per heavy atom. The summed E-state index contributed by atoms with van der Waals surface area (Å²) in [6.45, 7) is 2.99. The fourth-order valence-electron chi connectivity index (χ4n) is 4.98. The predicted molar refractivity (Wildman–Crippen MR) is 147 cm³/mol. The number of amides is 1. The number of hydrogen-bond donors (Lipinski definition) is 0. The summed E-state index contributed by atoms with van der Waals surface area (Å²) in [6, 6.07) is 25.5. The van der Waals surface area contributed by atoms with Crippen molar-refractivity contribution in [1.82, 2.24) is 9.88 Å². The van der Waals surface area contributed by atoms with Gasteiger partial charge in [-0.1, -0.05) is 48.5 Å². The van der Waals surface area contributed by atoms with Gasteiger partial charge in [-0.25, -0.2) is 0 Å². The maximum atomic E-state index is 13.8. The summed E-state index contributed by atoms with van der Waals surface area (Å²) in [5.41, 5.74) is 3.15. The lowest BCUT2D eigenvalue weighted by atomic mass is 9.97. The first-order valence-corrected chi connectivity index (χ1v) is 12.8. The molecular formula is C32H26N2O5. The molecule has 0 bridgehead atoms. The topological polar surface area (TPSA) is 81.9 Å². The number of carbonyl (C=O) groups excluding carboxylic acids is 1. The first-order valence-electron chi connectivity index (χ1n) is 12.8. The zero-order valence-electron chi connectivity index (χ0n) is 21.4. The summed E-state index contributed by atoms with van der Waals surface area (Å²) >= 11 is 0. The predicted octanol–water partition coefficient (Wildman–Crippen LogP) is 5.91. The molecule has 6 rings (SSSR count). The van der Waals surface area contributed by atoms with Crippen molar-refractivity contribution < 1.29 is 18.7 Å². The van der Waals surface area contributed by atoms with Gasteiger partial charge in [-0.3, -0.25) is 14.6 Å². The van der Waals surface area contributed by atoms with Crippen LogP contribution in [0.5, 0.6) is 11.5 Å². The van der Waals surface area contributed by atoms with Gasteiger partial charge in [0, 0.05) is 18.9 Å². The Morgan fingerprint density at radius 2 is 1.62 bits per heavy atom. The van der Waals surface area contributed by atoms with E-state index in [4.69, 9.17) is 13.9 Å². The van der Waals surface area contributed by atoms with Crippen molar-refractivity contribution in [2.24, 2.45) is 0 Å². The number of pyridine rings is 1. The van der Waals surface area contributed by atoms with Crippen LogP contribution in [-0.4, -0.2) is 22.4 Å². The van der Waals surface area contributed by atoms with E-state index < -0.39 is 6.04 Å². The molecule has 0 radical (unpaired) electrons. The zero-order valence-corrected chi connectivity index (χ0v) is 21.4. The largest absolute Gasteiger partial charge is 0.490 e. The van der Waals surface area contributed by atoms with Crippen LogP contribution in [0.3, 0.4) is 0 Å². The van der Waals surface area contributed by atoms with Crippen LogP contribution in [-0.2, 0) is 13.2 Å². The SMILES string of the molecule is CCOc1cc(C2c3c(oc4ccccc4c3=O)C(=O)N2Cc2ccncc2)ccc1OCc1ccccc1. The Hall–Kier alpha value is -4.91. The van der Waals surface area contributed by atoms with Crippen molar-refractivity contribution in [1.29, 1.82) is 0 Å². The summed E-state index contributed by atoms with van der Waals surface area (Å²) in [4.78, 5) is 33.3. The summed E-state index contributed by atoms with van der Waals surface area (Å²) < 4.78 is 18.1. The average Bonchev–Trinajstić information content (AvgIpc) is 3.25. The quantitative estimate of drug-likeness (QED) is 0.254. The minimum atomic E-state index is -0.663. The minimum Gasteiger partial charge on any atom is -0.490 e. The van der Waals surface area contributed by atoms with Crippen LogP contribution in [0.4, 0.5) is 0 Å². The van der Waals surface area contributed by atoms with Crippen molar-refractivity contribution >= 4 is 16.9 Å². The van der Waals surface area contributed by atoms with Crippen molar-refractivity contribution in [3.05, 3.63) is 136 Å². The maximum Gasteiger partial charge on any atom is 0.291 e. The number of nitrogens with zero attached hydrogens (tertiary/aromatic N) is 2. The van der Waals surface area contributed by atoms with Gasteiger partial charge < -0.3 is 18.8 Å². The lowest BCUT2D eigenvalue weighted by molar-refractivity contribution is 0.0714. The van der Waals surface area contributed by atoms with Crippen molar-refractivity contribution in [3.8, 4) is 11.5 Å². The monoisotopic (exact) mass is 518 g/mol. The molecule has 0 saturated carbocycles. The van der Waals surface area contributed by atoms with Crippen LogP contribution in [0.25, 0.3) is 11.0 Å². The van der Waals surface area contributed by atoms with E-state index in [0.717, 1.165) is 16.7 Å². The number of rotatable bonds is 8. The molecule has 1 amide bonds. The van der Waals surface area contributed by atoms with E-state index in [-0.39, 0.29) is 23.6 Å². The highest BCUT2D eigenvalue weighted by molar-refractivity contribution is 5.99. The molecule has 5 aromatic rings. The smallest absolute Gasteiger partial charge is 0.291 e. The number of carbonyl (C=O) groups is 1. The highest BCUT2D eigenvalue weighted by Gasteiger charge is 2.43. The lowest BCUT2D eigenvalue weighted by Gasteiger charge is -2.26. The molecule has 0 fully saturated rings. The van der Waals surface area contributed by atoms with E-state index in [0.29, 0.717) is 41.2 Å². The number of para-hydroxylation sites is 1. The Morgan fingerprint density at radius 1 is 0.846 bits per heavy atom. The molecule has 39 heavy (non-hydrogen) atoms. The van der Waals surface area contributed by atoms with Crippen LogP contribution in [0.2, 0.25) is 0 Å². The molecule has 1 aliphatic rings. The Labute approximate surface area is 225 Å². The zero-order chi connectivity index (χ0) is 26.8. The van der Waals surface area contributed by atoms with Gasteiger partial charge in [0.2, 0.25) is 5.76 Å². The molecule has 2 aromatic heterocycles. The standard InChI is InChI=1S/C32H26N2O5/c1-2-37-27-18-23(12-13-26(27)38-20-22-8-4-3-5-9-22)29-28-30(35)24-10-6-7-11-25(24)39-31(28)32(36)34(29)19-21-14-16-33-17-15-21/h3-18,29H,2,19-20H2,1H3. The van der Waals surface area contributed by atoms with Gasteiger partial charge in [0.05, 0.1) is 23.6 Å². The van der Waals surface area contributed by atoms with Crippen molar-refractivity contribution in [2.75, 3.05) is 6.61 Å². The first kappa shape index (κ1) is 24.4. The van der Waals surface area contributed by atoms with Gasteiger partial charge in [0.1, 0.15) is 12.2 Å². The first-order chi connectivity index (χ1) is 19.1. The second-order valence-corrected chi connectivity index (χ2v) is 9.27. The van der Waals surface area contributed by atoms with E-state index in [1.807, 2.05) is 67.6 Å². The van der Waals surface area contributed by atoms with Crippen molar-refractivity contribution in [2.45, 2.75) is 26.1 Å². The molecule has 0 aliphatic carbocycles. The third-order valence-corrected chi connectivity index (χ3v) is 6.80. The number of aromatic nitrogens is 1. The van der Waals surface area contributed by atoms with Crippen LogP contribution >= 0.6 is 0 Å². The Bertz CT molecular complexity index is 1700. The normalized spacial score (nSPS) is 14.4. The number of benzene rings is 3. The number of fused-ring (bicyclic) bond motifs is 2. The fraction of sp³-hybridized carbons (Fsp3) is 0.156. The van der Waals surface area contributed by atoms with Gasteiger partial charge in [0.25, 0.3) is 5.91 Å². The molecule has 1 unspecified atom stereocenters. The van der Waals surface area contributed by atoms with E-state index in [1.165, 1.54) is 0 Å². The summed E-state index contributed by atoms with van der Waals surface area (Å²) in [5, 5.41) is 0.438. The lowest BCUT2D eigenvalue weighted by Crippen LogP contribution is -2.29. The van der Waals surface area contributed by atoms with E-state index in [2.05, 4.69) is 4.98 Å². The van der Waals surface area contributed by atoms with Gasteiger partial charge in [-0.05, 0) is 60.0 Å². The molecule has 3 aromatic carbocycles. The van der Waals surface area contributed by atoms with Crippen LogP contribution < -0.4 is 14.9 Å². The fourth-order valence-corrected chi connectivity index (χ4v) is 4.98. The molecule has 3 heterocycles. The Kier molecular flexibility index (Phi) is 6.55. The molecule has 1 atom stereocenters. The summed E-state index contributed by atoms with van der Waals surface area (Å²) in [7, 11) is 0. The highest BCUT2D eigenvalue weighted by atomic mass is 16.5. The molecule has 0 N–H and O–H groups in total. The number of ether oxygens (including phenoxy) is 2. The molecule has 1 aliphatic heterocycles. The van der Waals surface area contributed by atoms with Gasteiger partial charge in [-0.2, -0.15) is 0 Å². The van der Waals surface area contributed by atoms with Gasteiger partial charge >= 0.3 is 0 Å². The summed E-state index contributed by atoms with van der Waals surface area (Å²) in [5.74, 6) is 0.859.